The highest BCUT2D eigenvalue weighted by molar-refractivity contribution is 7.89. The first-order valence-electron chi connectivity index (χ1n) is 8.74. The van der Waals surface area contributed by atoms with E-state index < -0.39 is 10.0 Å². The Kier molecular flexibility index (Phi) is 6.56. The van der Waals surface area contributed by atoms with Crippen molar-refractivity contribution in [3.8, 4) is 0 Å². The summed E-state index contributed by atoms with van der Waals surface area (Å²) in [6, 6.07) is 12.3. The van der Waals surface area contributed by atoms with Crippen molar-refractivity contribution in [1.29, 1.82) is 0 Å². The summed E-state index contributed by atoms with van der Waals surface area (Å²) in [6.45, 7) is 8.44. The van der Waals surface area contributed by atoms with Crippen molar-refractivity contribution in [3.63, 3.8) is 0 Å². The maximum absolute atomic E-state index is 12.5. The van der Waals surface area contributed by atoms with Crippen molar-refractivity contribution < 1.29 is 13.2 Å². The quantitative estimate of drug-likeness (QED) is 0.806. The molecule has 0 bridgehead atoms. The number of rotatable bonds is 7. The number of carbonyl (C=O) groups is 1. The smallest absolute Gasteiger partial charge is 0.243 e. The van der Waals surface area contributed by atoms with Gasteiger partial charge in [0.2, 0.25) is 15.9 Å². The van der Waals surface area contributed by atoms with E-state index in [0.717, 1.165) is 16.7 Å². The van der Waals surface area contributed by atoms with E-state index in [1.54, 1.807) is 12.1 Å². The monoisotopic (exact) mass is 374 g/mol. The van der Waals surface area contributed by atoms with E-state index >= 15 is 0 Å². The third-order valence-electron chi connectivity index (χ3n) is 4.34. The van der Waals surface area contributed by atoms with Crippen LogP contribution in [0.4, 0.5) is 5.69 Å². The molecule has 2 rings (SSSR count). The molecule has 0 saturated heterocycles. The van der Waals surface area contributed by atoms with Crippen LogP contribution in [0.1, 0.15) is 30.5 Å². The van der Waals surface area contributed by atoms with Gasteiger partial charge in [0, 0.05) is 18.8 Å². The third-order valence-corrected chi connectivity index (χ3v) is 6.40. The Balaban J connectivity index is 2.09. The van der Waals surface area contributed by atoms with E-state index in [1.165, 1.54) is 16.4 Å². The second kappa shape index (κ2) is 8.47. The van der Waals surface area contributed by atoms with Crippen molar-refractivity contribution in [1.82, 2.24) is 4.31 Å². The van der Waals surface area contributed by atoms with Gasteiger partial charge in [-0.1, -0.05) is 37.6 Å². The minimum atomic E-state index is -3.48. The molecule has 0 aliphatic carbocycles. The van der Waals surface area contributed by atoms with Crippen LogP contribution < -0.4 is 5.32 Å². The number of nitrogens with zero attached hydrogens (tertiary/aromatic N) is 1. The maximum Gasteiger partial charge on any atom is 0.243 e. The molecule has 1 amide bonds. The summed E-state index contributed by atoms with van der Waals surface area (Å²) >= 11 is 0. The average Bonchev–Trinajstić information content (AvgIpc) is 2.59. The highest BCUT2D eigenvalue weighted by atomic mass is 32.2. The van der Waals surface area contributed by atoms with Gasteiger partial charge in [-0.05, 0) is 49.2 Å². The molecule has 0 aliphatic heterocycles. The van der Waals surface area contributed by atoms with Gasteiger partial charge >= 0.3 is 0 Å². The normalized spacial score (nSPS) is 11.6. The molecule has 1 N–H and O–H groups in total. The van der Waals surface area contributed by atoms with Crippen LogP contribution in [-0.2, 0) is 21.2 Å². The summed E-state index contributed by atoms with van der Waals surface area (Å²) in [7, 11) is -3.48. The van der Waals surface area contributed by atoms with Crippen LogP contribution in [0.3, 0.4) is 0 Å². The number of aryl methyl sites for hydroxylation is 2. The van der Waals surface area contributed by atoms with E-state index in [9.17, 15) is 13.2 Å². The molecule has 2 aromatic carbocycles. The van der Waals surface area contributed by atoms with Crippen LogP contribution in [0.15, 0.2) is 47.4 Å². The number of amides is 1. The SMILES string of the molecule is CCN(CC)S(=O)(=O)c1ccc(NC(=O)Cc2cc(C)ccc2C)cc1. The standard InChI is InChI=1S/C20H26N2O3S/c1-5-22(6-2)26(24,25)19-11-9-18(10-12-19)21-20(23)14-17-13-15(3)7-8-16(17)4/h7-13H,5-6,14H2,1-4H3,(H,21,23). The van der Waals surface area contributed by atoms with Crippen LogP contribution in [0.2, 0.25) is 0 Å². The molecule has 0 saturated carbocycles. The van der Waals surface area contributed by atoms with Gasteiger partial charge in [-0.15, -0.1) is 0 Å². The molecule has 0 heterocycles. The summed E-state index contributed by atoms with van der Waals surface area (Å²) < 4.78 is 26.4. The van der Waals surface area contributed by atoms with Gasteiger partial charge < -0.3 is 5.32 Å². The number of sulfonamides is 1. The molecule has 0 aliphatic rings. The van der Waals surface area contributed by atoms with Gasteiger partial charge in [0.05, 0.1) is 11.3 Å². The van der Waals surface area contributed by atoms with Gasteiger partial charge in [-0.25, -0.2) is 8.42 Å². The van der Waals surface area contributed by atoms with Gasteiger partial charge in [0.15, 0.2) is 0 Å². The van der Waals surface area contributed by atoms with Crippen LogP contribution in [0.25, 0.3) is 0 Å². The first-order valence-corrected chi connectivity index (χ1v) is 10.2. The topological polar surface area (TPSA) is 66.5 Å². The fraction of sp³-hybridized carbons (Fsp3) is 0.350. The lowest BCUT2D eigenvalue weighted by atomic mass is 10.0. The second-order valence-corrected chi connectivity index (χ2v) is 8.21. The van der Waals surface area contributed by atoms with Crippen LogP contribution >= 0.6 is 0 Å². The highest BCUT2D eigenvalue weighted by Crippen LogP contribution is 2.19. The molecular formula is C20H26N2O3S. The molecule has 6 heteroatoms. The van der Waals surface area contributed by atoms with Gasteiger partial charge in [0.25, 0.3) is 0 Å². The zero-order chi connectivity index (χ0) is 19.3. The van der Waals surface area contributed by atoms with Crippen LogP contribution in [-0.4, -0.2) is 31.7 Å². The number of benzene rings is 2. The van der Waals surface area contributed by atoms with Crippen molar-refractivity contribution in [2.75, 3.05) is 18.4 Å². The number of hydrogen-bond donors (Lipinski definition) is 1. The minimum Gasteiger partial charge on any atom is -0.326 e. The summed E-state index contributed by atoms with van der Waals surface area (Å²) in [5, 5.41) is 2.83. The van der Waals surface area contributed by atoms with Crippen molar-refractivity contribution in [2.45, 2.75) is 39.0 Å². The Hall–Kier alpha value is -2.18. The minimum absolute atomic E-state index is 0.127. The maximum atomic E-state index is 12.5. The summed E-state index contributed by atoms with van der Waals surface area (Å²) in [5.74, 6) is -0.127. The largest absolute Gasteiger partial charge is 0.326 e. The Labute approximate surface area is 156 Å². The molecule has 140 valence electrons. The van der Waals surface area contributed by atoms with E-state index in [2.05, 4.69) is 5.32 Å². The van der Waals surface area contributed by atoms with Crippen molar-refractivity contribution in [2.24, 2.45) is 0 Å². The van der Waals surface area contributed by atoms with Crippen molar-refractivity contribution >= 4 is 21.6 Å². The Morgan fingerprint density at radius 3 is 2.19 bits per heavy atom. The fourth-order valence-electron chi connectivity index (χ4n) is 2.79. The average molecular weight is 375 g/mol. The molecule has 0 spiro atoms. The lowest BCUT2D eigenvalue weighted by molar-refractivity contribution is -0.115. The fourth-order valence-corrected chi connectivity index (χ4v) is 4.25. The second-order valence-electron chi connectivity index (χ2n) is 6.27. The molecule has 5 nitrogen and oxygen atoms in total. The Bertz CT molecular complexity index is 870. The van der Waals surface area contributed by atoms with E-state index in [0.29, 0.717) is 18.8 Å². The summed E-state index contributed by atoms with van der Waals surface area (Å²) in [5.41, 5.74) is 3.76. The van der Waals surface area contributed by atoms with Crippen molar-refractivity contribution in [3.05, 3.63) is 59.2 Å². The molecule has 0 unspecified atom stereocenters. The van der Waals surface area contributed by atoms with E-state index in [4.69, 9.17) is 0 Å². The first kappa shape index (κ1) is 20.1. The number of nitrogens with one attached hydrogen (secondary N) is 1. The van der Waals surface area contributed by atoms with Gasteiger partial charge in [-0.3, -0.25) is 4.79 Å². The molecule has 0 atom stereocenters. The lowest BCUT2D eigenvalue weighted by Crippen LogP contribution is -2.30. The van der Waals surface area contributed by atoms with Crippen LogP contribution in [0.5, 0.6) is 0 Å². The van der Waals surface area contributed by atoms with E-state index in [1.807, 2.05) is 45.9 Å². The predicted molar refractivity (Wildman–Crippen MR) is 105 cm³/mol. The number of carbonyl (C=O) groups excluding carboxylic acids is 1. The van der Waals surface area contributed by atoms with Gasteiger partial charge in [0.1, 0.15) is 0 Å². The molecule has 0 fully saturated rings. The number of hydrogen-bond acceptors (Lipinski definition) is 3. The Morgan fingerprint density at radius 1 is 1.00 bits per heavy atom. The zero-order valence-corrected chi connectivity index (χ0v) is 16.6. The molecule has 0 aromatic heterocycles. The first-order chi connectivity index (χ1) is 12.3. The van der Waals surface area contributed by atoms with E-state index in [-0.39, 0.29) is 17.2 Å². The highest BCUT2D eigenvalue weighted by Gasteiger charge is 2.21. The predicted octanol–water partition coefficient (Wildman–Crippen LogP) is 3.52. The van der Waals surface area contributed by atoms with Gasteiger partial charge in [-0.2, -0.15) is 4.31 Å². The molecule has 0 radical (unpaired) electrons. The molecular weight excluding hydrogens is 348 g/mol. The Morgan fingerprint density at radius 2 is 1.62 bits per heavy atom. The molecule has 2 aromatic rings. The van der Waals surface area contributed by atoms with Crippen LogP contribution in [0, 0.1) is 13.8 Å². The zero-order valence-electron chi connectivity index (χ0n) is 15.7. The molecule has 26 heavy (non-hydrogen) atoms. The third kappa shape index (κ3) is 4.71. The lowest BCUT2D eigenvalue weighted by Gasteiger charge is -2.18. The summed E-state index contributed by atoms with van der Waals surface area (Å²) in [6.07, 6.45) is 0.285. The number of anilines is 1. The summed E-state index contributed by atoms with van der Waals surface area (Å²) in [4.78, 5) is 12.5.